The lowest BCUT2D eigenvalue weighted by molar-refractivity contribution is -0.148. The Morgan fingerprint density at radius 3 is 2.30 bits per heavy atom. The van der Waals surface area contributed by atoms with Crippen molar-refractivity contribution in [3.8, 4) is 0 Å². The van der Waals surface area contributed by atoms with Crippen molar-refractivity contribution in [2.75, 3.05) is 0 Å². The van der Waals surface area contributed by atoms with Gasteiger partial charge in [-0.05, 0) is 20.8 Å². The summed E-state index contributed by atoms with van der Waals surface area (Å²) in [5.74, 6) is -0.204. The van der Waals surface area contributed by atoms with Crippen molar-refractivity contribution in [1.29, 1.82) is 0 Å². The lowest BCUT2D eigenvalue weighted by Gasteiger charge is -2.11. The number of halogens is 1. The van der Waals surface area contributed by atoms with Crippen LogP contribution in [-0.2, 0) is 9.53 Å². The van der Waals surface area contributed by atoms with Crippen LogP contribution in [0.3, 0.4) is 0 Å². The molecule has 0 radical (unpaired) electrons. The van der Waals surface area contributed by atoms with Gasteiger partial charge in [-0.15, -0.1) is 0 Å². The van der Waals surface area contributed by atoms with Crippen LogP contribution in [0.15, 0.2) is 0 Å². The Labute approximate surface area is 75.0 Å². The highest BCUT2D eigenvalue weighted by molar-refractivity contribution is 14.1. The topological polar surface area (TPSA) is 38.3 Å². The summed E-state index contributed by atoms with van der Waals surface area (Å²) < 4.78 is 7.66. The minimum absolute atomic E-state index is 0.0281. The Balaban J connectivity index is 3.62. The van der Waals surface area contributed by atoms with E-state index >= 15 is 0 Å². The third-order valence-corrected chi connectivity index (χ3v) is 1.80. The first kappa shape index (κ1) is 10.2. The molecule has 1 atom stereocenters. The first-order valence-electron chi connectivity index (χ1n) is 3.14. The molecule has 1 unspecified atom stereocenters. The lowest BCUT2D eigenvalue weighted by atomic mass is 10.4. The molecule has 10 heavy (non-hydrogen) atoms. The predicted molar refractivity (Wildman–Crippen MR) is 47.8 cm³/mol. The van der Waals surface area contributed by atoms with Gasteiger partial charge in [0.15, 0.2) is 0 Å². The van der Waals surface area contributed by atoms with Crippen LogP contribution in [0.4, 0.5) is 0 Å². The van der Waals surface area contributed by atoms with E-state index in [9.17, 15) is 4.79 Å². The van der Waals surface area contributed by atoms with E-state index in [1.807, 2.05) is 36.7 Å². The Morgan fingerprint density at radius 2 is 2.00 bits per heavy atom. The van der Waals surface area contributed by atoms with Gasteiger partial charge in [-0.1, -0.05) is 0 Å². The van der Waals surface area contributed by atoms with E-state index in [4.69, 9.17) is 4.74 Å². The lowest BCUT2D eigenvalue weighted by Crippen LogP contribution is -2.30. The van der Waals surface area contributed by atoms with Crippen LogP contribution in [0.5, 0.6) is 0 Å². The molecule has 0 saturated heterocycles. The Hall–Kier alpha value is 0.160. The Morgan fingerprint density at radius 1 is 1.50 bits per heavy atom. The molecule has 0 bridgehead atoms. The smallest absolute Gasteiger partial charge is 0.323 e. The minimum atomic E-state index is -0.219. The fourth-order valence-electron chi connectivity index (χ4n) is 0.379. The Kier molecular flexibility index (Phi) is 4.98. The van der Waals surface area contributed by atoms with Crippen molar-refractivity contribution in [2.24, 2.45) is 0 Å². The minimum Gasteiger partial charge on any atom is -0.462 e. The maximum absolute atomic E-state index is 10.9. The number of carbonyl (C=O) groups excluding carboxylic acids is 1. The molecule has 0 rings (SSSR count). The normalized spacial score (nSPS) is 13.3. The largest absolute Gasteiger partial charge is 0.462 e. The van der Waals surface area contributed by atoms with Gasteiger partial charge < -0.3 is 4.74 Å². The zero-order chi connectivity index (χ0) is 8.15. The molecular weight excluding hydrogens is 245 g/mol. The summed E-state index contributed by atoms with van der Waals surface area (Å²) >= 11 is 1.92. The van der Waals surface area contributed by atoms with Crippen LogP contribution >= 0.6 is 22.9 Å². The highest BCUT2D eigenvalue weighted by Crippen LogP contribution is 1.94. The SMILES string of the molecule is CC(C)OC(=O)C(C)NI. The zero-order valence-corrected chi connectivity index (χ0v) is 8.51. The van der Waals surface area contributed by atoms with Crippen molar-refractivity contribution in [3.63, 3.8) is 0 Å². The van der Waals surface area contributed by atoms with Gasteiger partial charge in [0, 0.05) is 22.9 Å². The third-order valence-electron chi connectivity index (χ3n) is 0.869. The zero-order valence-electron chi connectivity index (χ0n) is 6.35. The van der Waals surface area contributed by atoms with Crippen LogP contribution in [0.1, 0.15) is 20.8 Å². The number of hydrogen-bond acceptors (Lipinski definition) is 3. The fourth-order valence-corrected chi connectivity index (χ4v) is 0.633. The summed E-state index contributed by atoms with van der Waals surface area (Å²) in [7, 11) is 0. The van der Waals surface area contributed by atoms with E-state index in [1.165, 1.54) is 0 Å². The highest BCUT2D eigenvalue weighted by Gasteiger charge is 2.12. The highest BCUT2D eigenvalue weighted by atomic mass is 127. The summed E-state index contributed by atoms with van der Waals surface area (Å²) in [5, 5.41) is 0. The summed E-state index contributed by atoms with van der Waals surface area (Å²) in [6, 6.07) is -0.219. The van der Waals surface area contributed by atoms with E-state index in [0.29, 0.717) is 0 Å². The first-order chi connectivity index (χ1) is 4.57. The van der Waals surface area contributed by atoms with E-state index in [2.05, 4.69) is 3.53 Å². The number of hydrogen-bond donors (Lipinski definition) is 1. The van der Waals surface area contributed by atoms with Crippen LogP contribution < -0.4 is 3.53 Å². The molecule has 0 amide bonds. The molecule has 0 spiro atoms. The van der Waals surface area contributed by atoms with Crippen molar-refractivity contribution in [2.45, 2.75) is 32.9 Å². The monoisotopic (exact) mass is 257 g/mol. The van der Waals surface area contributed by atoms with Crippen LogP contribution in [0.25, 0.3) is 0 Å². The van der Waals surface area contributed by atoms with E-state index in [-0.39, 0.29) is 18.1 Å². The quantitative estimate of drug-likeness (QED) is 0.470. The molecule has 0 aliphatic rings. The van der Waals surface area contributed by atoms with Gasteiger partial charge in [0.25, 0.3) is 0 Å². The molecule has 60 valence electrons. The van der Waals surface area contributed by atoms with Crippen LogP contribution in [0, 0.1) is 0 Å². The van der Waals surface area contributed by atoms with Crippen molar-refractivity contribution < 1.29 is 9.53 Å². The second-order valence-corrected chi connectivity index (χ2v) is 2.94. The van der Waals surface area contributed by atoms with Gasteiger partial charge in [-0.25, -0.2) is 3.53 Å². The molecular formula is C6H12INO2. The maximum Gasteiger partial charge on any atom is 0.323 e. The number of ether oxygens (including phenoxy) is 1. The third kappa shape index (κ3) is 4.05. The molecule has 3 nitrogen and oxygen atoms in total. The second kappa shape index (κ2) is 4.90. The van der Waals surface area contributed by atoms with Crippen LogP contribution in [0.2, 0.25) is 0 Å². The molecule has 0 aromatic carbocycles. The van der Waals surface area contributed by atoms with Crippen molar-refractivity contribution in [3.05, 3.63) is 0 Å². The van der Waals surface area contributed by atoms with Gasteiger partial charge in [0.2, 0.25) is 0 Å². The van der Waals surface area contributed by atoms with E-state index < -0.39 is 0 Å². The maximum atomic E-state index is 10.9. The molecule has 1 N–H and O–H groups in total. The second-order valence-electron chi connectivity index (χ2n) is 2.32. The van der Waals surface area contributed by atoms with E-state index in [0.717, 1.165) is 0 Å². The molecule has 4 heteroatoms. The molecule has 0 aromatic rings. The molecule has 0 fully saturated rings. The van der Waals surface area contributed by atoms with Gasteiger partial charge in [-0.2, -0.15) is 0 Å². The van der Waals surface area contributed by atoms with Gasteiger partial charge in [0.05, 0.1) is 6.10 Å². The summed E-state index contributed by atoms with van der Waals surface area (Å²) in [6.07, 6.45) is -0.0281. The molecule has 0 aromatic heterocycles. The fraction of sp³-hybridized carbons (Fsp3) is 0.833. The van der Waals surface area contributed by atoms with Gasteiger partial charge >= 0.3 is 5.97 Å². The number of carbonyl (C=O) groups is 1. The van der Waals surface area contributed by atoms with Crippen molar-refractivity contribution >= 4 is 28.8 Å². The average molecular weight is 257 g/mol. The van der Waals surface area contributed by atoms with Gasteiger partial charge in [-0.3, -0.25) is 4.79 Å². The average Bonchev–Trinajstić information content (AvgIpc) is 1.85. The number of esters is 1. The molecule has 0 aliphatic heterocycles. The van der Waals surface area contributed by atoms with Crippen molar-refractivity contribution in [1.82, 2.24) is 3.53 Å². The summed E-state index contributed by atoms with van der Waals surface area (Å²) in [4.78, 5) is 10.9. The van der Waals surface area contributed by atoms with Crippen LogP contribution in [-0.4, -0.2) is 18.1 Å². The van der Waals surface area contributed by atoms with E-state index in [1.54, 1.807) is 6.92 Å². The summed E-state index contributed by atoms with van der Waals surface area (Å²) in [6.45, 7) is 5.42. The number of nitrogens with one attached hydrogen (secondary N) is 1. The van der Waals surface area contributed by atoms with Gasteiger partial charge in [0.1, 0.15) is 6.04 Å². The standard InChI is InChI=1S/C6H12INO2/c1-4(2)10-6(9)5(3)8-7/h4-5,8H,1-3H3. The number of rotatable bonds is 3. The molecule has 0 aliphatic carbocycles. The summed E-state index contributed by atoms with van der Waals surface area (Å²) in [5.41, 5.74) is 0. The Bertz CT molecular complexity index is 116. The first-order valence-corrected chi connectivity index (χ1v) is 4.22. The molecule has 0 saturated carbocycles. The predicted octanol–water partition coefficient (Wildman–Crippen LogP) is 1.27. The molecule has 0 heterocycles.